The van der Waals surface area contributed by atoms with Crippen molar-refractivity contribution in [2.45, 2.75) is 121 Å². The number of allylic oxidation sites excluding steroid dienone is 2. The summed E-state index contributed by atoms with van der Waals surface area (Å²) in [5.41, 5.74) is 0. The van der Waals surface area contributed by atoms with Gasteiger partial charge in [-0.3, -0.25) is 0 Å². The second kappa shape index (κ2) is 18.3. The predicted octanol–water partition coefficient (Wildman–Crippen LogP) is 4.52. The number of hydrogen-bond donors (Lipinski definition) is 3. The molecule has 1 rings (SSSR count). The number of rotatable bonds is 19. The van der Waals surface area contributed by atoms with Crippen LogP contribution in [0, 0.1) is 0 Å². The standard InChI is InChI=1S/C24H46O5/c1-2-3-4-5-6-7-8-9-10-11-12-13-14-15-16-17-18-28-19-22(26)24-23(27)21(25)20-29-24/h9-10,21-27H,2-8,11-20H2,1H3/b10-9+/t21-,22+,23+,24+/m1/s1. The molecule has 0 unspecified atom stereocenters. The van der Waals surface area contributed by atoms with Crippen molar-refractivity contribution >= 4 is 0 Å². The van der Waals surface area contributed by atoms with E-state index in [1.165, 1.54) is 77.0 Å². The molecular weight excluding hydrogens is 368 g/mol. The second-order valence-corrected chi connectivity index (χ2v) is 8.44. The molecule has 5 nitrogen and oxygen atoms in total. The van der Waals surface area contributed by atoms with Crippen LogP contribution in [-0.2, 0) is 9.47 Å². The Morgan fingerprint density at radius 1 is 0.862 bits per heavy atom. The Morgan fingerprint density at radius 2 is 1.41 bits per heavy atom. The average molecular weight is 415 g/mol. The molecule has 1 aliphatic rings. The second-order valence-electron chi connectivity index (χ2n) is 8.44. The third kappa shape index (κ3) is 13.5. The molecule has 4 atom stereocenters. The molecule has 1 saturated heterocycles. The van der Waals surface area contributed by atoms with Crippen molar-refractivity contribution in [3.63, 3.8) is 0 Å². The normalized spacial score (nSPS) is 23.2. The van der Waals surface area contributed by atoms with Crippen LogP contribution >= 0.6 is 0 Å². The van der Waals surface area contributed by atoms with Gasteiger partial charge in [0.25, 0.3) is 0 Å². The van der Waals surface area contributed by atoms with Crippen molar-refractivity contribution in [2.24, 2.45) is 0 Å². The van der Waals surface area contributed by atoms with Crippen molar-refractivity contribution in [2.75, 3.05) is 19.8 Å². The minimum atomic E-state index is -1.03. The minimum absolute atomic E-state index is 0.0673. The number of unbranched alkanes of at least 4 members (excludes halogenated alkanes) is 12. The van der Waals surface area contributed by atoms with E-state index in [1.54, 1.807) is 0 Å². The summed E-state index contributed by atoms with van der Waals surface area (Å²) in [5.74, 6) is 0. The summed E-state index contributed by atoms with van der Waals surface area (Å²) in [4.78, 5) is 0. The first-order valence-electron chi connectivity index (χ1n) is 12.0. The summed E-state index contributed by atoms with van der Waals surface area (Å²) in [7, 11) is 0. The topological polar surface area (TPSA) is 79.2 Å². The van der Waals surface area contributed by atoms with Gasteiger partial charge in [0.15, 0.2) is 0 Å². The molecule has 0 spiro atoms. The van der Waals surface area contributed by atoms with E-state index in [4.69, 9.17) is 9.47 Å². The Labute approximate surface area is 178 Å². The monoisotopic (exact) mass is 414 g/mol. The number of hydrogen-bond acceptors (Lipinski definition) is 5. The van der Waals surface area contributed by atoms with Crippen molar-refractivity contribution in [3.8, 4) is 0 Å². The van der Waals surface area contributed by atoms with Crippen LogP contribution in [0.4, 0.5) is 0 Å². The van der Waals surface area contributed by atoms with Gasteiger partial charge in [0, 0.05) is 6.61 Å². The average Bonchev–Trinajstić information content (AvgIpc) is 3.05. The van der Waals surface area contributed by atoms with Gasteiger partial charge in [-0.1, -0.05) is 76.9 Å². The van der Waals surface area contributed by atoms with E-state index < -0.39 is 24.4 Å². The maximum Gasteiger partial charge on any atom is 0.114 e. The van der Waals surface area contributed by atoms with E-state index in [1.807, 2.05) is 0 Å². The molecule has 29 heavy (non-hydrogen) atoms. The highest BCUT2D eigenvalue weighted by atomic mass is 16.5. The van der Waals surface area contributed by atoms with Crippen LogP contribution in [0.2, 0.25) is 0 Å². The summed E-state index contributed by atoms with van der Waals surface area (Å²) in [6.45, 7) is 3.08. The molecule has 0 aromatic heterocycles. The van der Waals surface area contributed by atoms with Gasteiger partial charge in [0.1, 0.15) is 24.4 Å². The molecule has 3 N–H and O–H groups in total. The van der Waals surface area contributed by atoms with Crippen molar-refractivity contribution in [1.29, 1.82) is 0 Å². The van der Waals surface area contributed by atoms with Crippen LogP contribution in [0.15, 0.2) is 12.2 Å². The molecule has 0 bridgehead atoms. The summed E-state index contributed by atoms with van der Waals surface area (Å²) in [6.07, 6.45) is 19.0. The first-order chi connectivity index (χ1) is 14.2. The summed E-state index contributed by atoms with van der Waals surface area (Å²) < 4.78 is 10.7. The molecule has 0 aliphatic carbocycles. The van der Waals surface area contributed by atoms with Gasteiger partial charge in [-0.2, -0.15) is 0 Å². The lowest BCUT2D eigenvalue weighted by atomic mass is 10.1. The van der Waals surface area contributed by atoms with Gasteiger partial charge < -0.3 is 24.8 Å². The lowest BCUT2D eigenvalue weighted by molar-refractivity contribution is -0.0813. The molecule has 1 aliphatic heterocycles. The fourth-order valence-electron chi connectivity index (χ4n) is 3.72. The summed E-state index contributed by atoms with van der Waals surface area (Å²) >= 11 is 0. The first-order valence-corrected chi connectivity index (χ1v) is 12.0. The Hall–Kier alpha value is -0.460. The maximum absolute atomic E-state index is 9.95. The molecule has 5 heteroatoms. The van der Waals surface area contributed by atoms with Crippen LogP contribution in [-0.4, -0.2) is 59.6 Å². The smallest absolute Gasteiger partial charge is 0.114 e. The van der Waals surface area contributed by atoms with Gasteiger partial charge in [-0.05, 0) is 32.1 Å². The Morgan fingerprint density at radius 3 is 1.97 bits per heavy atom. The summed E-state index contributed by atoms with van der Waals surface area (Å²) in [6, 6.07) is 0. The highest BCUT2D eigenvalue weighted by Crippen LogP contribution is 2.18. The van der Waals surface area contributed by atoms with Crippen molar-refractivity contribution in [3.05, 3.63) is 12.2 Å². The third-order valence-electron chi connectivity index (χ3n) is 5.66. The highest BCUT2D eigenvalue weighted by Gasteiger charge is 2.39. The third-order valence-corrected chi connectivity index (χ3v) is 5.66. The molecule has 1 heterocycles. The molecule has 0 radical (unpaired) electrons. The first kappa shape index (κ1) is 26.6. The molecule has 0 amide bonds. The van der Waals surface area contributed by atoms with E-state index >= 15 is 0 Å². The number of aliphatic hydroxyl groups excluding tert-OH is 3. The zero-order valence-electron chi connectivity index (χ0n) is 18.6. The Bertz CT molecular complexity index is 387. The fraction of sp³-hybridized carbons (Fsp3) is 0.917. The molecule has 0 saturated carbocycles. The van der Waals surface area contributed by atoms with E-state index in [0.29, 0.717) is 6.61 Å². The van der Waals surface area contributed by atoms with Crippen molar-refractivity contribution in [1.82, 2.24) is 0 Å². The molecule has 0 aromatic rings. The van der Waals surface area contributed by atoms with E-state index in [-0.39, 0.29) is 13.2 Å². The van der Waals surface area contributed by atoms with Crippen LogP contribution in [0.1, 0.15) is 96.8 Å². The minimum Gasteiger partial charge on any atom is -0.388 e. The number of ether oxygens (including phenoxy) is 2. The van der Waals surface area contributed by atoms with Gasteiger partial charge >= 0.3 is 0 Å². The zero-order chi connectivity index (χ0) is 21.2. The fourth-order valence-corrected chi connectivity index (χ4v) is 3.72. The Balaban J connectivity index is 1.78. The molecule has 172 valence electrons. The lowest BCUT2D eigenvalue weighted by Crippen LogP contribution is -2.40. The SMILES string of the molecule is CCCCCCCC/C=C/CCCCCCCCOC[C@H](O)[C@@H]1OC[C@@H](O)[C@@H]1O. The number of aliphatic hydroxyl groups is 3. The molecule has 1 fully saturated rings. The predicted molar refractivity (Wildman–Crippen MR) is 118 cm³/mol. The highest BCUT2D eigenvalue weighted by molar-refractivity contribution is 4.87. The molecular formula is C24H46O5. The van der Waals surface area contributed by atoms with Gasteiger partial charge in [-0.15, -0.1) is 0 Å². The Kier molecular flexibility index (Phi) is 16.8. The lowest BCUT2D eigenvalue weighted by Gasteiger charge is -2.20. The van der Waals surface area contributed by atoms with E-state index in [9.17, 15) is 15.3 Å². The van der Waals surface area contributed by atoms with Gasteiger partial charge in [-0.25, -0.2) is 0 Å². The van der Waals surface area contributed by atoms with E-state index in [0.717, 1.165) is 12.8 Å². The van der Waals surface area contributed by atoms with Crippen LogP contribution in [0.25, 0.3) is 0 Å². The van der Waals surface area contributed by atoms with Crippen LogP contribution < -0.4 is 0 Å². The summed E-state index contributed by atoms with van der Waals surface area (Å²) in [5, 5.41) is 29.0. The van der Waals surface area contributed by atoms with Gasteiger partial charge in [0.05, 0.1) is 13.2 Å². The van der Waals surface area contributed by atoms with Crippen molar-refractivity contribution < 1.29 is 24.8 Å². The van der Waals surface area contributed by atoms with Gasteiger partial charge in [0.2, 0.25) is 0 Å². The van der Waals surface area contributed by atoms with Crippen LogP contribution in [0.5, 0.6) is 0 Å². The quantitative estimate of drug-likeness (QED) is 0.214. The van der Waals surface area contributed by atoms with Crippen LogP contribution in [0.3, 0.4) is 0 Å². The zero-order valence-corrected chi connectivity index (χ0v) is 18.6. The molecule has 0 aromatic carbocycles. The largest absolute Gasteiger partial charge is 0.388 e. The maximum atomic E-state index is 9.95. The van der Waals surface area contributed by atoms with E-state index in [2.05, 4.69) is 19.1 Å².